The van der Waals surface area contributed by atoms with Crippen LogP contribution in [-0.2, 0) is 12.8 Å². The SMILES string of the molecule is CCOc1ccc(C(CN)Cc2cc(CC)ccc2OC)cc1. The number of benzene rings is 2. The molecule has 2 aromatic carbocycles. The van der Waals surface area contributed by atoms with Crippen LogP contribution in [0, 0.1) is 0 Å². The highest BCUT2D eigenvalue weighted by Gasteiger charge is 2.14. The van der Waals surface area contributed by atoms with E-state index in [1.165, 1.54) is 16.7 Å². The zero-order chi connectivity index (χ0) is 16.7. The summed E-state index contributed by atoms with van der Waals surface area (Å²) in [5, 5.41) is 0. The molecule has 0 saturated heterocycles. The maximum absolute atomic E-state index is 6.04. The zero-order valence-electron chi connectivity index (χ0n) is 14.3. The maximum Gasteiger partial charge on any atom is 0.122 e. The molecule has 3 heteroatoms. The molecule has 0 aliphatic heterocycles. The van der Waals surface area contributed by atoms with Crippen molar-refractivity contribution in [1.29, 1.82) is 0 Å². The zero-order valence-corrected chi connectivity index (χ0v) is 14.3. The van der Waals surface area contributed by atoms with Gasteiger partial charge in [-0.25, -0.2) is 0 Å². The fourth-order valence-electron chi connectivity index (χ4n) is 2.82. The normalized spacial score (nSPS) is 12.0. The van der Waals surface area contributed by atoms with Gasteiger partial charge < -0.3 is 15.2 Å². The Labute approximate surface area is 139 Å². The Morgan fingerprint density at radius 1 is 1.04 bits per heavy atom. The standard InChI is InChI=1S/C20H27NO2/c1-4-15-6-11-20(22-3)17(12-15)13-18(14-21)16-7-9-19(10-8-16)23-5-2/h6-12,18H,4-5,13-14,21H2,1-3H3. The van der Waals surface area contributed by atoms with Gasteiger partial charge in [0.15, 0.2) is 0 Å². The van der Waals surface area contributed by atoms with Crippen LogP contribution in [0.5, 0.6) is 11.5 Å². The molecule has 0 aromatic heterocycles. The second-order valence-electron chi connectivity index (χ2n) is 5.64. The number of hydrogen-bond donors (Lipinski definition) is 1. The molecule has 0 bridgehead atoms. The average molecular weight is 313 g/mol. The Hall–Kier alpha value is -2.00. The first kappa shape index (κ1) is 17.4. The smallest absolute Gasteiger partial charge is 0.122 e. The second-order valence-corrected chi connectivity index (χ2v) is 5.64. The van der Waals surface area contributed by atoms with Crippen LogP contribution in [0.1, 0.15) is 36.5 Å². The van der Waals surface area contributed by atoms with Crippen molar-refractivity contribution in [1.82, 2.24) is 0 Å². The lowest BCUT2D eigenvalue weighted by Gasteiger charge is -2.18. The number of hydrogen-bond acceptors (Lipinski definition) is 3. The van der Waals surface area contributed by atoms with E-state index in [0.717, 1.165) is 24.3 Å². The van der Waals surface area contributed by atoms with Crippen LogP contribution < -0.4 is 15.2 Å². The molecule has 2 aromatic rings. The van der Waals surface area contributed by atoms with Gasteiger partial charge in [0.25, 0.3) is 0 Å². The van der Waals surface area contributed by atoms with E-state index in [4.69, 9.17) is 15.2 Å². The number of aryl methyl sites for hydroxylation is 1. The molecule has 1 unspecified atom stereocenters. The van der Waals surface area contributed by atoms with Gasteiger partial charge in [0.2, 0.25) is 0 Å². The molecule has 23 heavy (non-hydrogen) atoms. The molecule has 0 aliphatic carbocycles. The first-order valence-electron chi connectivity index (χ1n) is 8.30. The molecular formula is C20H27NO2. The number of ether oxygens (including phenoxy) is 2. The van der Waals surface area contributed by atoms with E-state index in [1.807, 2.05) is 19.1 Å². The van der Waals surface area contributed by atoms with Gasteiger partial charge in [0.05, 0.1) is 13.7 Å². The lowest BCUT2D eigenvalue weighted by Crippen LogP contribution is -2.15. The van der Waals surface area contributed by atoms with E-state index < -0.39 is 0 Å². The van der Waals surface area contributed by atoms with E-state index in [0.29, 0.717) is 13.2 Å². The largest absolute Gasteiger partial charge is 0.496 e. The van der Waals surface area contributed by atoms with Crippen molar-refractivity contribution in [3.05, 3.63) is 59.2 Å². The van der Waals surface area contributed by atoms with Gasteiger partial charge in [0.1, 0.15) is 11.5 Å². The fourth-order valence-corrected chi connectivity index (χ4v) is 2.82. The quantitative estimate of drug-likeness (QED) is 0.803. The highest BCUT2D eigenvalue weighted by atomic mass is 16.5. The van der Waals surface area contributed by atoms with Crippen molar-refractivity contribution in [2.24, 2.45) is 5.73 Å². The minimum atomic E-state index is 0.270. The van der Waals surface area contributed by atoms with Gasteiger partial charge in [0, 0.05) is 5.92 Å². The van der Waals surface area contributed by atoms with Crippen LogP contribution in [0.4, 0.5) is 0 Å². The van der Waals surface area contributed by atoms with Gasteiger partial charge in [-0.05, 0) is 61.2 Å². The summed E-state index contributed by atoms with van der Waals surface area (Å²) in [6, 6.07) is 14.7. The van der Waals surface area contributed by atoms with Crippen LogP contribution in [0.15, 0.2) is 42.5 Å². The highest BCUT2D eigenvalue weighted by Crippen LogP contribution is 2.28. The van der Waals surface area contributed by atoms with Crippen LogP contribution in [-0.4, -0.2) is 20.3 Å². The summed E-state index contributed by atoms with van der Waals surface area (Å²) in [5.41, 5.74) is 9.82. The van der Waals surface area contributed by atoms with E-state index >= 15 is 0 Å². The van der Waals surface area contributed by atoms with Gasteiger partial charge >= 0.3 is 0 Å². The molecule has 0 heterocycles. The third-order valence-electron chi connectivity index (χ3n) is 4.17. The fraction of sp³-hybridized carbons (Fsp3) is 0.400. The van der Waals surface area contributed by atoms with Crippen LogP contribution >= 0.6 is 0 Å². The topological polar surface area (TPSA) is 44.5 Å². The van der Waals surface area contributed by atoms with Crippen molar-refractivity contribution < 1.29 is 9.47 Å². The number of nitrogens with two attached hydrogens (primary N) is 1. The lowest BCUT2D eigenvalue weighted by molar-refractivity contribution is 0.340. The first-order chi connectivity index (χ1) is 11.2. The molecule has 0 aliphatic rings. The van der Waals surface area contributed by atoms with Gasteiger partial charge in [-0.1, -0.05) is 31.2 Å². The van der Waals surface area contributed by atoms with Gasteiger partial charge in [-0.15, -0.1) is 0 Å². The Balaban J connectivity index is 2.21. The van der Waals surface area contributed by atoms with Crippen LogP contribution in [0.3, 0.4) is 0 Å². The first-order valence-corrected chi connectivity index (χ1v) is 8.30. The van der Waals surface area contributed by atoms with Crippen molar-refractivity contribution in [3.63, 3.8) is 0 Å². The van der Waals surface area contributed by atoms with Crippen molar-refractivity contribution in [3.8, 4) is 11.5 Å². The monoisotopic (exact) mass is 313 g/mol. The molecule has 124 valence electrons. The predicted molar refractivity (Wildman–Crippen MR) is 95.5 cm³/mol. The summed E-state index contributed by atoms with van der Waals surface area (Å²) in [5.74, 6) is 2.11. The molecule has 2 N–H and O–H groups in total. The summed E-state index contributed by atoms with van der Waals surface area (Å²) >= 11 is 0. The van der Waals surface area contributed by atoms with Gasteiger partial charge in [-0.2, -0.15) is 0 Å². The molecule has 0 saturated carbocycles. The third kappa shape index (κ3) is 4.49. The molecule has 0 spiro atoms. The minimum absolute atomic E-state index is 0.270. The Morgan fingerprint density at radius 2 is 1.78 bits per heavy atom. The summed E-state index contributed by atoms with van der Waals surface area (Å²) in [7, 11) is 1.72. The Bertz CT molecular complexity index is 608. The summed E-state index contributed by atoms with van der Waals surface area (Å²) in [6.45, 7) is 5.44. The van der Waals surface area contributed by atoms with Gasteiger partial charge in [-0.3, -0.25) is 0 Å². The lowest BCUT2D eigenvalue weighted by atomic mass is 9.90. The molecular weight excluding hydrogens is 286 g/mol. The van der Waals surface area contributed by atoms with Crippen molar-refractivity contribution >= 4 is 0 Å². The Morgan fingerprint density at radius 3 is 2.35 bits per heavy atom. The van der Waals surface area contributed by atoms with Crippen LogP contribution in [0.2, 0.25) is 0 Å². The van der Waals surface area contributed by atoms with E-state index in [-0.39, 0.29) is 5.92 Å². The number of methoxy groups -OCH3 is 1. The van der Waals surface area contributed by atoms with E-state index in [9.17, 15) is 0 Å². The molecule has 0 fully saturated rings. The molecule has 2 rings (SSSR count). The van der Waals surface area contributed by atoms with Crippen molar-refractivity contribution in [2.75, 3.05) is 20.3 Å². The molecule has 0 amide bonds. The highest BCUT2D eigenvalue weighted by molar-refractivity contribution is 5.39. The molecule has 3 nitrogen and oxygen atoms in total. The third-order valence-corrected chi connectivity index (χ3v) is 4.17. The van der Waals surface area contributed by atoms with E-state index in [1.54, 1.807) is 7.11 Å². The van der Waals surface area contributed by atoms with Crippen molar-refractivity contribution in [2.45, 2.75) is 32.6 Å². The average Bonchev–Trinajstić information content (AvgIpc) is 2.60. The van der Waals surface area contributed by atoms with Crippen LogP contribution in [0.25, 0.3) is 0 Å². The summed E-state index contributed by atoms with van der Waals surface area (Å²) in [4.78, 5) is 0. The molecule has 0 radical (unpaired) electrons. The van der Waals surface area contributed by atoms with E-state index in [2.05, 4.69) is 37.3 Å². The minimum Gasteiger partial charge on any atom is -0.496 e. The molecule has 1 atom stereocenters. The Kier molecular flexibility index (Phi) is 6.48. The summed E-state index contributed by atoms with van der Waals surface area (Å²) < 4.78 is 11.0. The second kappa shape index (κ2) is 8.59. The maximum atomic E-state index is 6.04. The number of rotatable bonds is 8. The predicted octanol–water partition coefficient (Wildman–Crippen LogP) is 3.94. The summed E-state index contributed by atoms with van der Waals surface area (Å²) in [6.07, 6.45) is 1.90.